The maximum Gasteiger partial charge on any atom is 0.144 e. The Morgan fingerprint density at radius 1 is 1.15 bits per heavy atom. The van der Waals surface area contributed by atoms with Crippen LogP contribution in [0.25, 0.3) is 0 Å². The van der Waals surface area contributed by atoms with Gasteiger partial charge in [0.2, 0.25) is 0 Å². The summed E-state index contributed by atoms with van der Waals surface area (Å²) in [6.45, 7) is 6.47. The largest absolute Gasteiger partial charge is 0.489 e. The number of rotatable bonds is 7. The molecule has 1 aromatic carbocycles. The molecule has 0 amide bonds. The number of ether oxygens (including phenoxy) is 1. The van der Waals surface area contributed by atoms with Crippen molar-refractivity contribution in [1.82, 2.24) is 0 Å². The minimum absolute atomic E-state index is 0.160. The standard InChI is InChI=1S/C17H26N2O/c1-12(2)20-17-9-15(7-8-16(17)18)19(10-13-3-4-13)11-14-5-6-14/h7-9,12-14H,3-6,10-11,18H2,1-2H3. The fourth-order valence-corrected chi connectivity index (χ4v) is 2.59. The molecule has 2 saturated carbocycles. The van der Waals surface area contributed by atoms with Gasteiger partial charge in [0.1, 0.15) is 5.75 Å². The van der Waals surface area contributed by atoms with E-state index in [1.165, 1.54) is 44.5 Å². The fourth-order valence-electron chi connectivity index (χ4n) is 2.59. The van der Waals surface area contributed by atoms with Crippen molar-refractivity contribution in [2.24, 2.45) is 11.8 Å². The summed E-state index contributed by atoms with van der Waals surface area (Å²) in [5, 5.41) is 0. The summed E-state index contributed by atoms with van der Waals surface area (Å²) >= 11 is 0. The number of hydrogen-bond acceptors (Lipinski definition) is 3. The molecule has 20 heavy (non-hydrogen) atoms. The summed E-state index contributed by atoms with van der Waals surface area (Å²) in [6, 6.07) is 6.26. The lowest BCUT2D eigenvalue weighted by Gasteiger charge is -2.26. The maximum absolute atomic E-state index is 6.02. The van der Waals surface area contributed by atoms with Gasteiger partial charge in [-0.25, -0.2) is 0 Å². The van der Waals surface area contributed by atoms with Gasteiger partial charge >= 0.3 is 0 Å². The van der Waals surface area contributed by atoms with Crippen LogP contribution in [-0.2, 0) is 0 Å². The van der Waals surface area contributed by atoms with Gasteiger partial charge in [-0.3, -0.25) is 0 Å². The molecule has 0 spiro atoms. The minimum atomic E-state index is 0.160. The summed E-state index contributed by atoms with van der Waals surface area (Å²) in [5.74, 6) is 2.63. The van der Waals surface area contributed by atoms with E-state index in [2.05, 4.69) is 17.0 Å². The van der Waals surface area contributed by atoms with E-state index >= 15 is 0 Å². The molecule has 0 radical (unpaired) electrons. The number of anilines is 2. The summed E-state index contributed by atoms with van der Waals surface area (Å²) in [6.07, 6.45) is 5.74. The van der Waals surface area contributed by atoms with Gasteiger partial charge in [0.15, 0.2) is 0 Å². The Morgan fingerprint density at radius 2 is 1.75 bits per heavy atom. The molecule has 0 aromatic heterocycles. The zero-order valence-electron chi connectivity index (χ0n) is 12.6. The number of nitrogen functional groups attached to an aromatic ring is 1. The number of hydrogen-bond donors (Lipinski definition) is 1. The Labute approximate surface area is 122 Å². The molecule has 0 saturated heterocycles. The molecule has 0 atom stereocenters. The second kappa shape index (κ2) is 5.55. The smallest absolute Gasteiger partial charge is 0.144 e. The molecule has 110 valence electrons. The zero-order chi connectivity index (χ0) is 14.1. The number of nitrogens with zero attached hydrogens (tertiary/aromatic N) is 1. The van der Waals surface area contributed by atoms with Crippen LogP contribution in [0.15, 0.2) is 18.2 Å². The topological polar surface area (TPSA) is 38.5 Å². The first-order valence-corrected chi connectivity index (χ1v) is 7.93. The van der Waals surface area contributed by atoms with Crippen molar-refractivity contribution in [2.75, 3.05) is 23.7 Å². The highest BCUT2D eigenvalue weighted by Gasteiger charge is 2.29. The van der Waals surface area contributed by atoms with Crippen molar-refractivity contribution in [1.29, 1.82) is 0 Å². The summed E-state index contributed by atoms with van der Waals surface area (Å²) < 4.78 is 5.83. The van der Waals surface area contributed by atoms with Gasteiger partial charge in [-0.2, -0.15) is 0 Å². The van der Waals surface area contributed by atoms with Gasteiger partial charge in [-0.15, -0.1) is 0 Å². The molecule has 2 aliphatic carbocycles. The first-order valence-electron chi connectivity index (χ1n) is 7.93. The molecule has 0 heterocycles. The Hall–Kier alpha value is -1.38. The van der Waals surface area contributed by atoms with Crippen LogP contribution in [-0.4, -0.2) is 19.2 Å². The molecular weight excluding hydrogens is 248 g/mol. The van der Waals surface area contributed by atoms with Crippen molar-refractivity contribution in [3.63, 3.8) is 0 Å². The molecule has 2 fully saturated rings. The Bertz CT molecular complexity index is 450. The first-order chi connectivity index (χ1) is 9.61. The third kappa shape index (κ3) is 3.59. The van der Waals surface area contributed by atoms with E-state index in [1.54, 1.807) is 0 Å². The fraction of sp³-hybridized carbons (Fsp3) is 0.647. The van der Waals surface area contributed by atoms with Crippen LogP contribution in [0.5, 0.6) is 5.75 Å². The molecule has 3 nitrogen and oxygen atoms in total. The van der Waals surface area contributed by atoms with Crippen molar-refractivity contribution >= 4 is 11.4 Å². The number of benzene rings is 1. The Kier molecular flexibility index (Phi) is 3.77. The van der Waals surface area contributed by atoms with Crippen LogP contribution in [0, 0.1) is 11.8 Å². The van der Waals surface area contributed by atoms with Gasteiger partial charge in [-0.05, 0) is 63.5 Å². The SMILES string of the molecule is CC(C)Oc1cc(N(CC2CC2)CC2CC2)ccc1N. The highest BCUT2D eigenvalue weighted by molar-refractivity contribution is 5.62. The van der Waals surface area contributed by atoms with E-state index < -0.39 is 0 Å². The summed E-state index contributed by atoms with van der Waals surface area (Å²) in [5.41, 5.74) is 8.03. The van der Waals surface area contributed by atoms with Gasteiger partial charge in [0.05, 0.1) is 11.8 Å². The lowest BCUT2D eigenvalue weighted by Crippen LogP contribution is -2.28. The van der Waals surface area contributed by atoms with E-state index in [-0.39, 0.29) is 6.10 Å². The van der Waals surface area contributed by atoms with Crippen LogP contribution >= 0.6 is 0 Å². The average Bonchev–Trinajstić information content (AvgIpc) is 3.25. The van der Waals surface area contributed by atoms with Crippen molar-refractivity contribution in [2.45, 2.75) is 45.6 Å². The van der Waals surface area contributed by atoms with Crippen LogP contribution in [0.4, 0.5) is 11.4 Å². The second-order valence-corrected chi connectivity index (χ2v) is 6.68. The predicted molar refractivity (Wildman–Crippen MR) is 84.3 cm³/mol. The molecule has 1 aromatic rings. The van der Waals surface area contributed by atoms with E-state index in [0.29, 0.717) is 0 Å². The molecule has 3 heteroatoms. The first kappa shape index (κ1) is 13.6. The zero-order valence-corrected chi connectivity index (χ0v) is 12.6. The van der Waals surface area contributed by atoms with Gasteiger partial charge < -0.3 is 15.4 Å². The van der Waals surface area contributed by atoms with E-state index in [0.717, 1.165) is 23.3 Å². The third-order valence-electron chi connectivity index (χ3n) is 4.08. The Morgan fingerprint density at radius 3 is 2.25 bits per heavy atom. The minimum Gasteiger partial charge on any atom is -0.489 e. The monoisotopic (exact) mass is 274 g/mol. The van der Waals surface area contributed by atoms with Crippen LogP contribution in [0.2, 0.25) is 0 Å². The van der Waals surface area contributed by atoms with Gasteiger partial charge in [0, 0.05) is 24.8 Å². The highest BCUT2D eigenvalue weighted by Crippen LogP contribution is 2.37. The predicted octanol–water partition coefficient (Wildman–Crippen LogP) is 3.68. The van der Waals surface area contributed by atoms with Gasteiger partial charge in [0.25, 0.3) is 0 Å². The molecule has 3 rings (SSSR count). The molecule has 2 N–H and O–H groups in total. The van der Waals surface area contributed by atoms with Crippen molar-refractivity contribution < 1.29 is 4.74 Å². The maximum atomic E-state index is 6.02. The van der Waals surface area contributed by atoms with Crippen LogP contribution in [0.1, 0.15) is 39.5 Å². The van der Waals surface area contributed by atoms with E-state index in [4.69, 9.17) is 10.5 Å². The van der Waals surface area contributed by atoms with Crippen molar-refractivity contribution in [3.05, 3.63) is 18.2 Å². The lowest BCUT2D eigenvalue weighted by molar-refractivity contribution is 0.244. The lowest BCUT2D eigenvalue weighted by atomic mass is 10.2. The molecule has 2 aliphatic rings. The van der Waals surface area contributed by atoms with Gasteiger partial charge in [-0.1, -0.05) is 0 Å². The number of nitrogens with two attached hydrogens (primary N) is 1. The van der Waals surface area contributed by atoms with Crippen LogP contribution < -0.4 is 15.4 Å². The third-order valence-corrected chi connectivity index (χ3v) is 4.08. The normalized spacial score (nSPS) is 18.4. The average molecular weight is 274 g/mol. The molecule has 0 unspecified atom stereocenters. The second-order valence-electron chi connectivity index (χ2n) is 6.68. The molecular formula is C17H26N2O. The van der Waals surface area contributed by atoms with E-state index in [9.17, 15) is 0 Å². The quantitative estimate of drug-likeness (QED) is 0.771. The van der Waals surface area contributed by atoms with Crippen LogP contribution in [0.3, 0.4) is 0 Å². The Balaban J connectivity index is 1.77. The highest BCUT2D eigenvalue weighted by atomic mass is 16.5. The van der Waals surface area contributed by atoms with Crippen molar-refractivity contribution in [3.8, 4) is 5.75 Å². The molecule has 0 aliphatic heterocycles. The summed E-state index contributed by atoms with van der Waals surface area (Å²) in [7, 11) is 0. The molecule has 0 bridgehead atoms. The van der Waals surface area contributed by atoms with E-state index in [1.807, 2.05) is 19.9 Å². The summed E-state index contributed by atoms with van der Waals surface area (Å²) in [4.78, 5) is 2.54.